The zero-order chi connectivity index (χ0) is 14.7. The van der Waals surface area contributed by atoms with Gasteiger partial charge in [-0.05, 0) is 36.4 Å². The Hall–Kier alpha value is -1.10. The van der Waals surface area contributed by atoms with E-state index >= 15 is 0 Å². The fourth-order valence-corrected chi connectivity index (χ4v) is 2.26. The lowest BCUT2D eigenvalue weighted by Crippen LogP contribution is -2.12. The number of ketones is 1. The van der Waals surface area contributed by atoms with E-state index in [0.717, 1.165) is 0 Å². The predicted octanol–water partition coefficient (Wildman–Crippen LogP) is 5.16. The molecule has 0 fully saturated rings. The van der Waals surface area contributed by atoms with Crippen molar-refractivity contribution < 1.29 is 13.9 Å². The van der Waals surface area contributed by atoms with Gasteiger partial charge in [-0.3, -0.25) is 4.79 Å². The molecule has 0 atom stereocenters. The zero-order valence-corrected chi connectivity index (χ0v) is 13.1. The van der Waals surface area contributed by atoms with Gasteiger partial charge in [-0.15, -0.1) is 0 Å². The molecule has 2 rings (SSSR count). The topological polar surface area (TPSA) is 26.3 Å². The first kappa shape index (κ1) is 15.3. The highest BCUT2D eigenvalue weighted by Crippen LogP contribution is 2.24. The quantitative estimate of drug-likeness (QED) is 0.688. The Bertz CT molecular complexity index is 662. The molecule has 0 N–H and O–H groups in total. The molecule has 104 valence electrons. The van der Waals surface area contributed by atoms with Crippen LogP contribution in [0.4, 0.5) is 4.39 Å². The standard InChI is InChI=1S/C14H8BrCl2FO2/c15-8-1-4-12(18)14(5-8)20-7-13(19)10-6-9(16)2-3-11(10)17/h1-6H,7H2. The van der Waals surface area contributed by atoms with E-state index in [2.05, 4.69) is 15.9 Å². The Balaban J connectivity index is 2.12. The summed E-state index contributed by atoms with van der Waals surface area (Å²) < 4.78 is 19.3. The summed E-state index contributed by atoms with van der Waals surface area (Å²) in [6, 6.07) is 8.79. The van der Waals surface area contributed by atoms with Gasteiger partial charge in [0.2, 0.25) is 5.78 Å². The van der Waals surface area contributed by atoms with Crippen LogP contribution in [0.25, 0.3) is 0 Å². The summed E-state index contributed by atoms with van der Waals surface area (Å²) in [5.74, 6) is -0.930. The number of benzene rings is 2. The summed E-state index contributed by atoms with van der Waals surface area (Å²) in [5, 5.41) is 0.670. The fraction of sp³-hybridized carbons (Fsp3) is 0.0714. The molecule has 0 radical (unpaired) electrons. The van der Waals surface area contributed by atoms with E-state index in [1.165, 1.54) is 30.3 Å². The molecule has 0 amide bonds. The zero-order valence-electron chi connectivity index (χ0n) is 10.00. The van der Waals surface area contributed by atoms with Gasteiger partial charge in [0.05, 0.1) is 5.02 Å². The van der Waals surface area contributed by atoms with Crippen molar-refractivity contribution in [3.05, 3.63) is 62.3 Å². The molecule has 0 bridgehead atoms. The van der Waals surface area contributed by atoms with Gasteiger partial charge in [-0.1, -0.05) is 39.1 Å². The van der Waals surface area contributed by atoms with Gasteiger partial charge in [0.15, 0.2) is 18.2 Å². The van der Waals surface area contributed by atoms with Crippen molar-refractivity contribution in [3.8, 4) is 5.75 Å². The molecule has 6 heteroatoms. The molecule has 0 saturated heterocycles. The molecule has 20 heavy (non-hydrogen) atoms. The minimum Gasteiger partial charge on any atom is -0.482 e. The van der Waals surface area contributed by atoms with Crippen LogP contribution in [-0.2, 0) is 0 Å². The molecule has 0 aliphatic rings. The molecule has 0 aliphatic carbocycles. The highest BCUT2D eigenvalue weighted by Gasteiger charge is 2.13. The van der Waals surface area contributed by atoms with E-state index in [1.54, 1.807) is 6.07 Å². The Morgan fingerprint density at radius 3 is 2.70 bits per heavy atom. The van der Waals surface area contributed by atoms with Gasteiger partial charge in [-0.25, -0.2) is 4.39 Å². The summed E-state index contributed by atoms with van der Waals surface area (Å²) >= 11 is 14.9. The Kier molecular flexibility index (Phi) is 5.02. The summed E-state index contributed by atoms with van der Waals surface area (Å²) in [4.78, 5) is 12.0. The van der Waals surface area contributed by atoms with Crippen molar-refractivity contribution in [3.63, 3.8) is 0 Å². The summed E-state index contributed by atoms with van der Waals surface area (Å²) in [6.07, 6.45) is 0. The summed E-state index contributed by atoms with van der Waals surface area (Å²) in [7, 11) is 0. The molecule has 0 heterocycles. The highest BCUT2D eigenvalue weighted by molar-refractivity contribution is 9.10. The number of carbonyl (C=O) groups is 1. The van der Waals surface area contributed by atoms with Crippen LogP contribution in [0, 0.1) is 5.82 Å². The summed E-state index contributed by atoms with van der Waals surface area (Å²) in [5.41, 5.74) is 0.245. The highest BCUT2D eigenvalue weighted by atomic mass is 79.9. The van der Waals surface area contributed by atoms with Gasteiger partial charge >= 0.3 is 0 Å². The van der Waals surface area contributed by atoms with Gasteiger partial charge < -0.3 is 4.74 Å². The predicted molar refractivity (Wildman–Crippen MR) is 80.4 cm³/mol. The van der Waals surface area contributed by atoms with E-state index < -0.39 is 5.82 Å². The van der Waals surface area contributed by atoms with Crippen molar-refractivity contribution in [2.45, 2.75) is 0 Å². The molecule has 0 saturated carbocycles. The normalized spacial score (nSPS) is 10.4. The van der Waals surface area contributed by atoms with E-state index in [4.69, 9.17) is 27.9 Å². The smallest absolute Gasteiger partial charge is 0.201 e. The third-order valence-electron chi connectivity index (χ3n) is 2.48. The summed E-state index contributed by atoms with van der Waals surface area (Å²) in [6.45, 7) is -0.326. The van der Waals surface area contributed by atoms with Crippen LogP contribution in [0.3, 0.4) is 0 Å². The third-order valence-corrected chi connectivity index (χ3v) is 3.54. The Morgan fingerprint density at radius 1 is 1.20 bits per heavy atom. The van der Waals surface area contributed by atoms with Crippen LogP contribution in [0.5, 0.6) is 5.75 Å². The van der Waals surface area contributed by atoms with Crippen LogP contribution < -0.4 is 4.74 Å². The molecule has 0 aromatic heterocycles. The molecular weight excluding hydrogens is 370 g/mol. The average molecular weight is 378 g/mol. The van der Waals surface area contributed by atoms with E-state index in [0.29, 0.717) is 9.50 Å². The van der Waals surface area contributed by atoms with Crippen LogP contribution >= 0.6 is 39.1 Å². The number of Topliss-reactive ketones (excluding diaryl/α,β-unsaturated/α-hetero) is 1. The van der Waals surface area contributed by atoms with Crippen LogP contribution in [0.2, 0.25) is 10.0 Å². The number of carbonyl (C=O) groups excluding carboxylic acids is 1. The van der Waals surface area contributed by atoms with Gasteiger partial charge in [0.1, 0.15) is 0 Å². The van der Waals surface area contributed by atoms with Gasteiger partial charge in [-0.2, -0.15) is 0 Å². The first-order chi connectivity index (χ1) is 9.47. The number of rotatable bonds is 4. The molecule has 0 spiro atoms. The fourth-order valence-electron chi connectivity index (χ4n) is 1.52. The van der Waals surface area contributed by atoms with Crippen molar-refractivity contribution >= 4 is 44.9 Å². The molecule has 2 aromatic rings. The molecule has 0 unspecified atom stereocenters. The van der Waals surface area contributed by atoms with Crippen LogP contribution in [0.15, 0.2) is 40.9 Å². The maximum absolute atomic E-state index is 13.5. The Morgan fingerprint density at radius 2 is 1.95 bits per heavy atom. The maximum atomic E-state index is 13.5. The largest absolute Gasteiger partial charge is 0.482 e. The third kappa shape index (κ3) is 3.72. The van der Waals surface area contributed by atoms with E-state index in [-0.39, 0.29) is 28.7 Å². The molecule has 2 aromatic carbocycles. The van der Waals surface area contributed by atoms with E-state index in [1.807, 2.05) is 0 Å². The average Bonchev–Trinajstić information content (AvgIpc) is 2.42. The lowest BCUT2D eigenvalue weighted by Gasteiger charge is -2.08. The van der Waals surface area contributed by atoms with Crippen LogP contribution in [-0.4, -0.2) is 12.4 Å². The van der Waals surface area contributed by atoms with E-state index in [9.17, 15) is 9.18 Å². The minimum absolute atomic E-state index is 0.00845. The molecule has 0 aliphatic heterocycles. The van der Waals surface area contributed by atoms with Crippen molar-refractivity contribution in [2.24, 2.45) is 0 Å². The van der Waals surface area contributed by atoms with Crippen molar-refractivity contribution in [2.75, 3.05) is 6.61 Å². The van der Waals surface area contributed by atoms with Gasteiger partial charge in [0.25, 0.3) is 0 Å². The second-order valence-corrected chi connectivity index (χ2v) is 5.67. The van der Waals surface area contributed by atoms with Crippen molar-refractivity contribution in [1.29, 1.82) is 0 Å². The van der Waals surface area contributed by atoms with Crippen molar-refractivity contribution in [1.82, 2.24) is 0 Å². The van der Waals surface area contributed by atoms with Crippen LogP contribution in [0.1, 0.15) is 10.4 Å². The Labute approximate surface area is 133 Å². The second-order valence-electron chi connectivity index (χ2n) is 3.91. The number of halogens is 4. The minimum atomic E-state index is -0.543. The SMILES string of the molecule is O=C(COc1cc(Br)ccc1F)c1cc(Cl)ccc1Cl. The first-order valence-corrected chi connectivity index (χ1v) is 7.08. The lowest BCUT2D eigenvalue weighted by molar-refractivity contribution is 0.0919. The first-order valence-electron chi connectivity index (χ1n) is 5.53. The monoisotopic (exact) mass is 376 g/mol. The molecule has 2 nitrogen and oxygen atoms in total. The molecular formula is C14H8BrCl2FO2. The van der Waals surface area contributed by atoms with Gasteiger partial charge in [0, 0.05) is 15.1 Å². The number of hydrogen-bond acceptors (Lipinski definition) is 2. The number of hydrogen-bond donors (Lipinski definition) is 0. The maximum Gasteiger partial charge on any atom is 0.201 e. The second kappa shape index (κ2) is 6.57. The lowest BCUT2D eigenvalue weighted by atomic mass is 10.1. The number of ether oxygens (including phenoxy) is 1.